The summed E-state index contributed by atoms with van der Waals surface area (Å²) in [6.07, 6.45) is 1.12. The molecule has 146 valence electrons. The summed E-state index contributed by atoms with van der Waals surface area (Å²) in [6.45, 7) is 3.97. The fourth-order valence-corrected chi connectivity index (χ4v) is 4.10. The van der Waals surface area contributed by atoms with E-state index >= 15 is 0 Å². The van der Waals surface area contributed by atoms with Crippen LogP contribution in [0.5, 0.6) is 0 Å². The van der Waals surface area contributed by atoms with Gasteiger partial charge in [-0.2, -0.15) is 0 Å². The Morgan fingerprint density at radius 3 is 2.39 bits per heavy atom. The van der Waals surface area contributed by atoms with Crippen molar-refractivity contribution in [3.05, 3.63) is 92.4 Å². The first-order valence-electron chi connectivity index (χ1n) is 9.10. The molecule has 2 aromatic carbocycles. The van der Waals surface area contributed by atoms with Gasteiger partial charge in [0, 0.05) is 30.3 Å². The van der Waals surface area contributed by atoms with Gasteiger partial charge in [0.1, 0.15) is 11.6 Å². The molecule has 0 atom stereocenters. The van der Waals surface area contributed by atoms with Crippen molar-refractivity contribution in [2.24, 2.45) is 7.05 Å². The van der Waals surface area contributed by atoms with Crippen LogP contribution in [0.25, 0.3) is 0 Å². The maximum absolute atomic E-state index is 13.9. The zero-order valence-electron chi connectivity index (χ0n) is 16.1. The average molecular weight is 400 g/mol. The van der Waals surface area contributed by atoms with Crippen LogP contribution >= 0.6 is 11.8 Å². The van der Waals surface area contributed by atoms with Gasteiger partial charge in [-0.05, 0) is 31.0 Å². The minimum Gasteiger partial charge on any atom is -0.291 e. The molecule has 0 saturated heterocycles. The van der Waals surface area contributed by atoms with Crippen molar-refractivity contribution < 1.29 is 8.78 Å². The molecular weight excluding hydrogens is 378 g/mol. The van der Waals surface area contributed by atoms with E-state index in [1.807, 2.05) is 32.0 Å². The summed E-state index contributed by atoms with van der Waals surface area (Å²) < 4.78 is 29.2. The molecule has 3 nitrogen and oxygen atoms in total. The fraction of sp³-hybridized carbons (Fsp3) is 0.273. The minimum atomic E-state index is -0.593. The molecule has 0 aliphatic carbocycles. The maximum Gasteiger partial charge on any atom is 0.257 e. The fourth-order valence-electron chi connectivity index (χ4n) is 3.10. The predicted octanol–water partition coefficient (Wildman–Crippen LogP) is 4.81. The number of rotatable bonds is 6. The molecular formula is C22H22F2N2OS. The van der Waals surface area contributed by atoms with E-state index in [0.29, 0.717) is 23.6 Å². The minimum absolute atomic E-state index is 0.0105. The third-order valence-electron chi connectivity index (χ3n) is 4.63. The standard InChI is InChI=1S/C22H22F2N2OS/c1-4-20-16(12-15-8-5-7-14(2)11-15)21(27)26(3)22(25-20)28-13-17-18(23)9-6-10-19(17)24/h5-11H,4,12-13H2,1-3H3. The lowest BCUT2D eigenvalue weighted by molar-refractivity contribution is 0.566. The highest BCUT2D eigenvalue weighted by Crippen LogP contribution is 2.24. The Balaban J connectivity index is 1.92. The molecule has 3 rings (SSSR count). The van der Waals surface area contributed by atoms with Gasteiger partial charge in [0.2, 0.25) is 0 Å². The molecule has 0 amide bonds. The zero-order valence-corrected chi connectivity index (χ0v) is 16.9. The van der Waals surface area contributed by atoms with Crippen LogP contribution < -0.4 is 5.56 Å². The molecule has 1 heterocycles. The van der Waals surface area contributed by atoms with Gasteiger partial charge < -0.3 is 0 Å². The van der Waals surface area contributed by atoms with E-state index < -0.39 is 11.6 Å². The zero-order chi connectivity index (χ0) is 20.3. The summed E-state index contributed by atoms with van der Waals surface area (Å²) in [5.41, 5.74) is 3.45. The second-order valence-electron chi connectivity index (χ2n) is 6.69. The molecule has 0 aliphatic heterocycles. The van der Waals surface area contributed by atoms with E-state index in [-0.39, 0.29) is 16.9 Å². The normalized spacial score (nSPS) is 11.0. The summed E-state index contributed by atoms with van der Waals surface area (Å²) in [5.74, 6) is -1.12. The highest BCUT2D eigenvalue weighted by Gasteiger charge is 2.16. The first-order valence-corrected chi connectivity index (χ1v) is 10.1. The van der Waals surface area contributed by atoms with Crippen LogP contribution in [0.2, 0.25) is 0 Å². The lowest BCUT2D eigenvalue weighted by Crippen LogP contribution is -2.26. The number of nitrogens with zero attached hydrogens (tertiary/aromatic N) is 2. The van der Waals surface area contributed by atoms with Crippen molar-refractivity contribution in [3.63, 3.8) is 0 Å². The predicted molar refractivity (Wildman–Crippen MR) is 109 cm³/mol. The number of halogens is 2. The maximum atomic E-state index is 13.9. The smallest absolute Gasteiger partial charge is 0.257 e. The summed E-state index contributed by atoms with van der Waals surface area (Å²) in [4.78, 5) is 17.6. The molecule has 0 unspecified atom stereocenters. The van der Waals surface area contributed by atoms with Crippen LogP contribution in [0.3, 0.4) is 0 Å². The van der Waals surface area contributed by atoms with Crippen molar-refractivity contribution in [2.45, 2.75) is 37.6 Å². The number of hydrogen-bond donors (Lipinski definition) is 0. The second kappa shape index (κ2) is 8.69. The molecule has 0 radical (unpaired) electrons. The number of aryl methyl sites for hydroxylation is 2. The highest BCUT2D eigenvalue weighted by atomic mass is 32.2. The topological polar surface area (TPSA) is 34.9 Å². The molecule has 28 heavy (non-hydrogen) atoms. The van der Waals surface area contributed by atoms with Crippen LogP contribution in [-0.4, -0.2) is 9.55 Å². The van der Waals surface area contributed by atoms with Gasteiger partial charge >= 0.3 is 0 Å². The highest BCUT2D eigenvalue weighted by molar-refractivity contribution is 7.98. The summed E-state index contributed by atoms with van der Waals surface area (Å²) in [6, 6.07) is 11.8. The van der Waals surface area contributed by atoms with Crippen molar-refractivity contribution in [1.82, 2.24) is 9.55 Å². The van der Waals surface area contributed by atoms with Crippen molar-refractivity contribution in [2.75, 3.05) is 0 Å². The molecule has 0 saturated carbocycles. The Morgan fingerprint density at radius 2 is 1.75 bits per heavy atom. The average Bonchev–Trinajstić information content (AvgIpc) is 2.66. The number of aromatic nitrogens is 2. The second-order valence-corrected chi connectivity index (χ2v) is 7.63. The van der Waals surface area contributed by atoms with Gasteiger partial charge in [-0.3, -0.25) is 9.36 Å². The van der Waals surface area contributed by atoms with Crippen LogP contribution in [0, 0.1) is 18.6 Å². The molecule has 0 fully saturated rings. The Bertz CT molecular complexity index is 1040. The summed E-state index contributed by atoms with van der Waals surface area (Å²) >= 11 is 1.16. The van der Waals surface area contributed by atoms with Gasteiger partial charge in [0.15, 0.2) is 5.16 Å². The van der Waals surface area contributed by atoms with Gasteiger partial charge in [-0.1, -0.05) is 54.6 Å². The molecule has 0 N–H and O–H groups in total. The molecule has 3 aromatic rings. The third kappa shape index (κ3) is 4.33. The van der Waals surface area contributed by atoms with Crippen LogP contribution in [0.15, 0.2) is 52.4 Å². The molecule has 6 heteroatoms. The van der Waals surface area contributed by atoms with Gasteiger partial charge in [-0.25, -0.2) is 13.8 Å². The van der Waals surface area contributed by atoms with E-state index in [1.165, 1.54) is 22.8 Å². The Morgan fingerprint density at radius 1 is 1.07 bits per heavy atom. The van der Waals surface area contributed by atoms with Gasteiger partial charge in [0.25, 0.3) is 5.56 Å². The quantitative estimate of drug-likeness (QED) is 0.440. The largest absolute Gasteiger partial charge is 0.291 e. The van der Waals surface area contributed by atoms with Crippen molar-refractivity contribution in [1.29, 1.82) is 0 Å². The molecule has 0 bridgehead atoms. The molecule has 1 aromatic heterocycles. The Kier molecular flexibility index (Phi) is 6.29. The molecule has 0 aliphatic rings. The Hall–Kier alpha value is -2.47. The van der Waals surface area contributed by atoms with Crippen molar-refractivity contribution >= 4 is 11.8 Å². The van der Waals surface area contributed by atoms with Crippen LogP contribution in [-0.2, 0) is 25.6 Å². The van der Waals surface area contributed by atoms with Crippen molar-refractivity contribution in [3.8, 4) is 0 Å². The first-order chi connectivity index (χ1) is 13.4. The lowest BCUT2D eigenvalue weighted by Gasteiger charge is -2.14. The van der Waals surface area contributed by atoms with Gasteiger partial charge in [0.05, 0.1) is 5.69 Å². The summed E-state index contributed by atoms with van der Waals surface area (Å²) in [7, 11) is 1.65. The Labute approximate surface area is 167 Å². The number of hydrogen-bond acceptors (Lipinski definition) is 3. The third-order valence-corrected chi connectivity index (χ3v) is 5.69. The first kappa shape index (κ1) is 20.3. The number of thioether (sulfide) groups is 1. The number of benzene rings is 2. The van der Waals surface area contributed by atoms with Crippen LogP contribution in [0.4, 0.5) is 8.78 Å². The van der Waals surface area contributed by atoms with E-state index in [2.05, 4.69) is 11.1 Å². The molecule has 0 spiro atoms. The van der Waals surface area contributed by atoms with E-state index in [9.17, 15) is 13.6 Å². The summed E-state index contributed by atoms with van der Waals surface area (Å²) in [5, 5.41) is 0.456. The van der Waals surface area contributed by atoms with Crippen LogP contribution in [0.1, 0.15) is 34.9 Å². The van der Waals surface area contributed by atoms with E-state index in [1.54, 1.807) is 7.05 Å². The lowest BCUT2D eigenvalue weighted by atomic mass is 10.0. The van der Waals surface area contributed by atoms with Gasteiger partial charge in [-0.15, -0.1) is 0 Å². The monoisotopic (exact) mass is 400 g/mol. The van der Waals surface area contributed by atoms with E-state index in [4.69, 9.17) is 0 Å². The van der Waals surface area contributed by atoms with E-state index in [0.717, 1.165) is 28.6 Å². The SMILES string of the molecule is CCc1nc(SCc2c(F)cccc2F)n(C)c(=O)c1Cc1cccc(C)c1.